The first-order chi connectivity index (χ1) is 8.33. The van der Waals surface area contributed by atoms with Gasteiger partial charge in [0.05, 0.1) is 0 Å². The molecule has 0 amide bonds. The minimum atomic E-state index is 0. The molecule has 0 aliphatic carbocycles. The summed E-state index contributed by atoms with van der Waals surface area (Å²) >= 11 is 0. The Labute approximate surface area is 113 Å². The number of nitrogens with two attached hydrogens (primary N) is 1. The monoisotopic (exact) mass is 266 g/mol. The molecule has 1 saturated heterocycles. The second-order valence-electron chi connectivity index (χ2n) is 4.83. The third kappa shape index (κ3) is 2.66. The molecule has 4 nitrogen and oxygen atoms in total. The summed E-state index contributed by atoms with van der Waals surface area (Å²) in [6.45, 7) is 3.21. The Kier molecular flexibility index (Phi) is 4.22. The first-order valence-electron chi connectivity index (χ1n) is 6.22. The van der Waals surface area contributed by atoms with Gasteiger partial charge in [0.25, 0.3) is 0 Å². The number of nitrogens with one attached hydrogen (secondary N) is 1. The van der Waals surface area contributed by atoms with Crippen molar-refractivity contribution in [3.8, 4) is 0 Å². The second-order valence-corrected chi connectivity index (χ2v) is 4.83. The summed E-state index contributed by atoms with van der Waals surface area (Å²) in [7, 11) is 0. The van der Waals surface area contributed by atoms with E-state index in [9.17, 15) is 0 Å². The lowest BCUT2D eigenvalue weighted by molar-refractivity contribution is 0.206. The van der Waals surface area contributed by atoms with Crippen molar-refractivity contribution in [3.63, 3.8) is 0 Å². The standard InChI is InChI=1S/C13H18N4.ClH/c14-11-3-6-17(7-4-11)9-10-8-16-13-12(10)2-1-5-15-13;/h1-2,5,8,11H,3-4,6-7,9,14H2,(H,15,16);1H. The number of nitrogens with zero attached hydrogens (tertiary/aromatic N) is 2. The normalized spacial score (nSPS) is 17.8. The Morgan fingerprint density at radius 2 is 2.17 bits per heavy atom. The molecule has 0 unspecified atom stereocenters. The van der Waals surface area contributed by atoms with Crippen LogP contribution < -0.4 is 5.73 Å². The van der Waals surface area contributed by atoms with Gasteiger partial charge in [-0.3, -0.25) is 4.90 Å². The summed E-state index contributed by atoms with van der Waals surface area (Å²) in [4.78, 5) is 10.0. The molecule has 3 rings (SSSR count). The third-order valence-corrected chi connectivity index (χ3v) is 3.56. The van der Waals surface area contributed by atoms with Crippen LogP contribution in [-0.4, -0.2) is 34.0 Å². The molecular formula is C13H19ClN4. The van der Waals surface area contributed by atoms with Crippen molar-refractivity contribution < 1.29 is 0 Å². The molecule has 1 fully saturated rings. The number of rotatable bonds is 2. The topological polar surface area (TPSA) is 57.9 Å². The van der Waals surface area contributed by atoms with E-state index in [0.29, 0.717) is 6.04 Å². The number of H-pyrrole nitrogens is 1. The number of piperidine rings is 1. The Bertz CT molecular complexity index is 502. The van der Waals surface area contributed by atoms with Gasteiger partial charge in [-0.05, 0) is 43.6 Å². The van der Waals surface area contributed by atoms with Gasteiger partial charge in [0, 0.05) is 30.4 Å². The number of halogens is 1. The van der Waals surface area contributed by atoms with Crippen LogP contribution in [0.4, 0.5) is 0 Å². The van der Waals surface area contributed by atoms with E-state index in [0.717, 1.165) is 38.1 Å². The maximum absolute atomic E-state index is 5.92. The van der Waals surface area contributed by atoms with Crippen LogP contribution in [0.25, 0.3) is 11.0 Å². The minimum Gasteiger partial charge on any atom is -0.346 e. The summed E-state index contributed by atoms with van der Waals surface area (Å²) in [5.41, 5.74) is 8.24. The number of hydrogen-bond acceptors (Lipinski definition) is 3. The highest BCUT2D eigenvalue weighted by Crippen LogP contribution is 2.19. The third-order valence-electron chi connectivity index (χ3n) is 3.56. The second kappa shape index (κ2) is 5.69. The van der Waals surface area contributed by atoms with Gasteiger partial charge in [0.2, 0.25) is 0 Å². The quantitative estimate of drug-likeness (QED) is 0.873. The van der Waals surface area contributed by atoms with Crippen LogP contribution >= 0.6 is 12.4 Å². The summed E-state index contributed by atoms with van der Waals surface area (Å²) in [5.74, 6) is 0. The van der Waals surface area contributed by atoms with Gasteiger partial charge in [-0.15, -0.1) is 12.4 Å². The molecule has 0 spiro atoms. The first-order valence-corrected chi connectivity index (χ1v) is 6.22. The number of fused-ring (bicyclic) bond motifs is 1. The van der Waals surface area contributed by atoms with Crippen LogP contribution in [0.1, 0.15) is 18.4 Å². The fraction of sp³-hybridized carbons (Fsp3) is 0.462. The lowest BCUT2D eigenvalue weighted by Gasteiger charge is -2.29. The van der Waals surface area contributed by atoms with E-state index in [1.807, 2.05) is 12.3 Å². The zero-order valence-electron chi connectivity index (χ0n) is 10.3. The SMILES string of the molecule is Cl.NC1CCN(Cc2c[nH]c3ncccc23)CC1. The van der Waals surface area contributed by atoms with Crippen LogP contribution in [0.5, 0.6) is 0 Å². The summed E-state index contributed by atoms with van der Waals surface area (Å²) < 4.78 is 0. The van der Waals surface area contributed by atoms with Gasteiger partial charge in [-0.2, -0.15) is 0 Å². The van der Waals surface area contributed by atoms with Crippen molar-refractivity contribution in [1.29, 1.82) is 0 Å². The molecule has 0 radical (unpaired) electrons. The minimum absolute atomic E-state index is 0. The Balaban J connectivity index is 0.00000120. The van der Waals surface area contributed by atoms with Crippen LogP contribution in [0.15, 0.2) is 24.5 Å². The Hall–Kier alpha value is -1.10. The van der Waals surface area contributed by atoms with Crippen molar-refractivity contribution in [3.05, 3.63) is 30.1 Å². The van der Waals surface area contributed by atoms with Gasteiger partial charge < -0.3 is 10.7 Å². The Morgan fingerprint density at radius 1 is 1.39 bits per heavy atom. The molecule has 1 aliphatic heterocycles. The molecule has 18 heavy (non-hydrogen) atoms. The maximum atomic E-state index is 5.92. The molecule has 0 saturated carbocycles. The van der Waals surface area contributed by atoms with Crippen molar-refractivity contribution in [2.45, 2.75) is 25.4 Å². The molecule has 0 atom stereocenters. The van der Waals surface area contributed by atoms with E-state index in [2.05, 4.69) is 27.1 Å². The zero-order chi connectivity index (χ0) is 11.7. The van der Waals surface area contributed by atoms with Crippen LogP contribution in [-0.2, 0) is 6.54 Å². The number of aromatic amines is 1. The fourth-order valence-corrected chi connectivity index (χ4v) is 2.50. The van der Waals surface area contributed by atoms with E-state index in [1.54, 1.807) is 0 Å². The van der Waals surface area contributed by atoms with E-state index in [1.165, 1.54) is 10.9 Å². The number of aromatic nitrogens is 2. The molecule has 2 aromatic rings. The first kappa shape index (κ1) is 13.3. The predicted molar refractivity (Wildman–Crippen MR) is 75.8 cm³/mol. The average Bonchev–Trinajstić information content (AvgIpc) is 2.76. The van der Waals surface area contributed by atoms with E-state index in [4.69, 9.17) is 5.73 Å². The van der Waals surface area contributed by atoms with E-state index >= 15 is 0 Å². The molecule has 0 aromatic carbocycles. The molecule has 3 heterocycles. The van der Waals surface area contributed by atoms with Crippen LogP contribution in [0.2, 0.25) is 0 Å². The van der Waals surface area contributed by atoms with E-state index in [-0.39, 0.29) is 12.4 Å². The summed E-state index contributed by atoms with van der Waals surface area (Å²) in [6.07, 6.45) is 6.12. The molecular weight excluding hydrogens is 248 g/mol. The van der Waals surface area contributed by atoms with Crippen molar-refractivity contribution >= 4 is 23.4 Å². The summed E-state index contributed by atoms with van der Waals surface area (Å²) in [6, 6.07) is 4.52. The van der Waals surface area contributed by atoms with E-state index < -0.39 is 0 Å². The highest BCUT2D eigenvalue weighted by atomic mass is 35.5. The number of pyridine rings is 1. The smallest absolute Gasteiger partial charge is 0.137 e. The van der Waals surface area contributed by atoms with Gasteiger partial charge in [0.15, 0.2) is 0 Å². The predicted octanol–water partition coefficient (Wildman–Crippen LogP) is 1.91. The van der Waals surface area contributed by atoms with Crippen molar-refractivity contribution in [1.82, 2.24) is 14.9 Å². The Morgan fingerprint density at radius 3 is 2.94 bits per heavy atom. The average molecular weight is 267 g/mol. The molecule has 98 valence electrons. The van der Waals surface area contributed by atoms with Crippen LogP contribution in [0, 0.1) is 0 Å². The fourth-order valence-electron chi connectivity index (χ4n) is 2.50. The number of likely N-dealkylation sites (tertiary alicyclic amines) is 1. The van der Waals surface area contributed by atoms with Gasteiger partial charge >= 0.3 is 0 Å². The van der Waals surface area contributed by atoms with Gasteiger partial charge in [0.1, 0.15) is 5.65 Å². The lowest BCUT2D eigenvalue weighted by atomic mass is 10.1. The number of hydrogen-bond donors (Lipinski definition) is 2. The maximum Gasteiger partial charge on any atom is 0.137 e. The summed E-state index contributed by atoms with van der Waals surface area (Å²) in [5, 5.41) is 1.24. The molecule has 2 aromatic heterocycles. The molecule has 3 N–H and O–H groups in total. The van der Waals surface area contributed by atoms with Crippen molar-refractivity contribution in [2.75, 3.05) is 13.1 Å². The largest absolute Gasteiger partial charge is 0.346 e. The zero-order valence-corrected chi connectivity index (χ0v) is 11.1. The van der Waals surface area contributed by atoms with Crippen molar-refractivity contribution in [2.24, 2.45) is 5.73 Å². The highest BCUT2D eigenvalue weighted by molar-refractivity contribution is 5.85. The highest BCUT2D eigenvalue weighted by Gasteiger charge is 2.17. The molecule has 5 heteroatoms. The van der Waals surface area contributed by atoms with Gasteiger partial charge in [-0.1, -0.05) is 0 Å². The molecule has 0 bridgehead atoms. The lowest BCUT2D eigenvalue weighted by Crippen LogP contribution is -2.39. The van der Waals surface area contributed by atoms with Gasteiger partial charge in [-0.25, -0.2) is 4.98 Å². The molecule has 1 aliphatic rings. The van der Waals surface area contributed by atoms with Crippen LogP contribution in [0.3, 0.4) is 0 Å².